The summed E-state index contributed by atoms with van der Waals surface area (Å²) in [7, 11) is 0. The molecule has 3 N–H and O–H groups in total. The Labute approximate surface area is 155 Å². The number of carbonyl (C=O) groups is 1. The van der Waals surface area contributed by atoms with Gasteiger partial charge < -0.3 is 15.7 Å². The van der Waals surface area contributed by atoms with Gasteiger partial charge in [0, 0.05) is 0 Å². The molecule has 0 bridgehead atoms. The minimum atomic E-state index is -1.29. The fraction of sp³-hybridized carbons (Fsp3) is 0.409. The van der Waals surface area contributed by atoms with E-state index in [4.69, 9.17) is 0 Å². The minimum Gasteiger partial charge on any atom is -0.378 e. The molecule has 2 aromatic carbocycles. The summed E-state index contributed by atoms with van der Waals surface area (Å²) in [6.45, 7) is 5.03. The van der Waals surface area contributed by atoms with E-state index in [1.807, 2.05) is 60.7 Å². The maximum atomic E-state index is 12.7. The molecule has 2 aromatic rings. The van der Waals surface area contributed by atoms with Gasteiger partial charge in [-0.15, -0.1) is 0 Å². The highest BCUT2D eigenvalue weighted by molar-refractivity contribution is 5.83. The fourth-order valence-corrected chi connectivity index (χ4v) is 3.57. The molecule has 0 spiro atoms. The van der Waals surface area contributed by atoms with E-state index in [0.717, 1.165) is 30.5 Å². The van der Waals surface area contributed by atoms with Crippen LogP contribution in [0, 0.1) is 5.92 Å². The van der Waals surface area contributed by atoms with Crippen LogP contribution >= 0.6 is 0 Å². The highest BCUT2D eigenvalue weighted by Crippen LogP contribution is 2.37. The van der Waals surface area contributed by atoms with E-state index in [-0.39, 0.29) is 17.9 Å². The molecular formula is C22H28N2O2. The summed E-state index contributed by atoms with van der Waals surface area (Å²) in [6, 6.07) is 18.7. The van der Waals surface area contributed by atoms with Gasteiger partial charge in [0.05, 0.1) is 12.1 Å². The molecule has 0 aliphatic carbocycles. The molecule has 1 heterocycles. The number of rotatable bonds is 7. The van der Waals surface area contributed by atoms with Crippen LogP contribution in [-0.2, 0) is 10.4 Å². The van der Waals surface area contributed by atoms with E-state index in [0.29, 0.717) is 0 Å². The van der Waals surface area contributed by atoms with Crippen LogP contribution in [0.2, 0.25) is 0 Å². The second-order valence-electron chi connectivity index (χ2n) is 7.17. The maximum Gasteiger partial charge on any atom is 0.237 e. The van der Waals surface area contributed by atoms with Crippen LogP contribution < -0.4 is 10.6 Å². The first-order valence-electron chi connectivity index (χ1n) is 9.44. The Hall–Kier alpha value is -2.17. The number of benzene rings is 2. The van der Waals surface area contributed by atoms with Gasteiger partial charge in [0.2, 0.25) is 5.91 Å². The minimum absolute atomic E-state index is 0.0353. The summed E-state index contributed by atoms with van der Waals surface area (Å²) in [6.07, 6.45) is 1.69. The van der Waals surface area contributed by atoms with E-state index in [1.54, 1.807) is 0 Å². The molecule has 3 rings (SSSR count). The predicted molar refractivity (Wildman–Crippen MR) is 104 cm³/mol. The molecule has 0 unspecified atom stereocenters. The van der Waals surface area contributed by atoms with E-state index < -0.39 is 11.6 Å². The lowest BCUT2D eigenvalue weighted by molar-refractivity contribution is -0.128. The van der Waals surface area contributed by atoms with Gasteiger partial charge in [-0.25, -0.2) is 0 Å². The average Bonchev–Trinajstić information content (AvgIpc) is 2.65. The van der Waals surface area contributed by atoms with Crippen molar-refractivity contribution in [1.29, 1.82) is 0 Å². The van der Waals surface area contributed by atoms with Gasteiger partial charge in [-0.2, -0.15) is 0 Å². The number of carbonyl (C=O) groups excluding carboxylic acids is 1. The Morgan fingerprint density at radius 1 is 1.15 bits per heavy atom. The Balaban J connectivity index is 2.05. The van der Waals surface area contributed by atoms with Crippen molar-refractivity contribution in [2.24, 2.45) is 5.92 Å². The Bertz CT molecular complexity index is 674. The number of aliphatic hydroxyl groups is 1. The van der Waals surface area contributed by atoms with Crippen molar-refractivity contribution in [3.63, 3.8) is 0 Å². The van der Waals surface area contributed by atoms with Crippen LogP contribution in [0.15, 0.2) is 60.7 Å². The molecule has 0 aromatic heterocycles. The first kappa shape index (κ1) is 18.6. The SMILES string of the molecule is CC[C@@H](C)[C@H](NC(=O)[C@@H]1CCN1)C(O)(c1ccccc1)c1ccccc1. The normalized spacial score (nSPS) is 19.3. The quantitative estimate of drug-likeness (QED) is 0.718. The lowest BCUT2D eigenvalue weighted by Gasteiger charge is -2.42. The van der Waals surface area contributed by atoms with Gasteiger partial charge in [-0.05, 0) is 30.0 Å². The van der Waals surface area contributed by atoms with E-state index in [9.17, 15) is 9.90 Å². The Morgan fingerprint density at radius 3 is 2.04 bits per heavy atom. The third kappa shape index (κ3) is 3.53. The van der Waals surface area contributed by atoms with E-state index in [1.165, 1.54) is 0 Å². The lowest BCUT2D eigenvalue weighted by Crippen LogP contribution is -2.61. The second kappa shape index (κ2) is 8.02. The zero-order chi connectivity index (χ0) is 18.6. The van der Waals surface area contributed by atoms with E-state index >= 15 is 0 Å². The summed E-state index contributed by atoms with van der Waals surface area (Å²) in [4.78, 5) is 12.7. The van der Waals surface area contributed by atoms with Crippen molar-refractivity contribution >= 4 is 5.91 Å². The van der Waals surface area contributed by atoms with E-state index in [2.05, 4.69) is 24.5 Å². The molecule has 4 nitrogen and oxygen atoms in total. The van der Waals surface area contributed by atoms with Crippen LogP contribution in [0.3, 0.4) is 0 Å². The van der Waals surface area contributed by atoms with Crippen LogP contribution in [-0.4, -0.2) is 29.6 Å². The third-order valence-corrected chi connectivity index (χ3v) is 5.53. The Morgan fingerprint density at radius 2 is 1.65 bits per heavy atom. The summed E-state index contributed by atoms with van der Waals surface area (Å²) >= 11 is 0. The van der Waals surface area contributed by atoms with Crippen molar-refractivity contribution in [3.05, 3.63) is 71.8 Å². The van der Waals surface area contributed by atoms with Crippen molar-refractivity contribution < 1.29 is 9.90 Å². The van der Waals surface area contributed by atoms with Gasteiger partial charge in [0.25, 0.3) is 0 Å². The molecule has 4 heteroatoms. The number of nitrogens with one attached hydrogen (secondary N) is 2. The molecule has 26 heavy (non-hydrogen) atoms. The van der Waals surface area contributed by atoms with Gasteiger partial charge in [-0.1, -0.05) is 80.9 Å². The first-order chi connectivity index (χ1) is 12.6. The van der Waals surface area contributed by atoms with Gasteiger partial charge in [0.1, 0.15) is 5.60 Å². The highest BCUT2D eigenvalue weighted by atomic mass is 16.3. The van der Waals surface area contributed by atoms with Crippen LogP contribution in [0.5, 0.6) is 0 Å². The maximum absolute atomic E-state index is 12.7. The zero-order valence-corrected chi connectivity index (χ0v) is 15.5. The third-order valence-electron chi connectivity index (χ3n) is 5.53. The second-order valence-corrected chi connectivity index (χ2v) is 7.17. The van der Waals surface area contributed by atoms with Crippen LogP contribution in [0.25, 0.3) is 0 Å². The van der Waals surface area contributed by atoms with Crippen molar-refractivity contribution in [2.75, 3.05) is 6.54 Å². The van der Waals surface area contributed by atoms with Gasteiger partial charge in [0.15, 0.2) is 0 Å². The molecule has 1 aliphatic rings. The summed E-state index contributed by atoms with van der Waals surface area (Å²) in [5.41, 5.74) is 0.286. The number of hydrogen-bond acceptors (Lipinski definition) is 3. The van der Waals surface area contributed by atoms with Gasteiger partial charge in [-0.3, -0.25) is 4.79 Å². The summed E-state index contributed by atoms with van der Waals surface area (Å²) < 4.78 is 0. The van der Waals surface area contributed by atoms with Crippen molar-refractivity contribution in [2.45, 2.75) is 44.4 Å². The summed E-state index contributed by atoms with van der Waals surface area (Å²) in [5.74, 6) is 0.0660. The topological polar surface area (TPSA) is 61.4 Å². The Kier molecular flexibility index (Phi) is 5.74. The van der Waals surface area contributed by atoms with Crippen LogP contribution in [0.4, 0.5) is 0 Å². The molecule has 1 saturated heterocycles. The smallest absolute Gasteiger partial charge is 0.237 e. The van der Waals surface area contributed by atoms with Crippen molar-refractivity contribution in [3.8, 4) is 0 Å². The summed E-state index contributed by atoms with van der Waals surface area (Å²) in [5, 5.41) is 18.3. The fourth-order valence-electron chi connectivity index (χ4n) is 3.57. The lowest BCUT2D eigenvalue weighted by atomic mass is 9.74. The average molecular weight is 352 g/mol. The highest BCUT2D eigenvalue weighted by Gasteiger charge is 2.44. The molecule has 0 radical (unpaired) electrons. The molecule has 1 amide bonds. The monoisotopic (exact) mass is 352 g/mol. The first-order valence-corrected chi connectivity index (χ1v) is 9.44. The van der Waals surface area contributed by atoms with Gasteiger partial charge >= 0.3 is 0 Å². The predicted octanol–water partition coefficient (Wildman–Crippen LogP) is 2.82. The molecule has 1 aliphatic heterocycles. The standard InChI is InChI=1S/C22H28N2O2/c1-3-16(2)20(24-21(25)19-14-15-23-19)22(26,17-10-6-4-7-11-17)18-12-8-5-9-13-18/h4-13,16,19-20,23,26H,3,14-15H2,1-2H3,(H,24,25)/t16-,19+,20+/m1/s1. The van der Waals surface area contributed by atoms with Crippen LogP contribution in [0.1, 0.15) is 37.8 Å². The molecule has 1 fully saturated rings. The largest absolute Gasteiger partial charge is 0.378 e. The molecule has 138 valence electrons. The molecular weight excluding hydrogens is 324 g/mol. The zero-order valence-electron chi connectivity index (χ0n) is 15.5. The number of amides is 1. The molecule has 3 atom stereocenters. The number of hydrogen-bond donors (Lipinski definition) is 3. The molecule has 0 saturated carbocycles. The van der Waals surface area contributed by atoms with Crippen molar-refractivity contribution in [1.82, 2.24) is 10.6 Å².